The van der Waals surface area contributed by atoms with Gasteiger partial charge in [-0.1, -0.05) is 30.3 Å². The van der Waals surface area contributed by atoms with Crippen molar-refractivity contribution in [3.8, 4) is 5.75 Å². The predicted molar refractivity (Wildman–Crippen MR) is 110 cm³/mol. The summed E-state index contributed by atoms with van der Waals surface area (Å²) in [6.45, 7) is 2.03. The molecule has 1 aliphatic heterocycles. The van der Waals surface area contributed by atoms with Crippen LogP contribution in [0.25, 0.3) is 6.08 Å². The molecule has 3 rings (SSSR count). The number of carbonyl (C=O) groups is 3. The predicted octanol–water partition coefficient (Wildman–Crippen LogP) is 3.06. The van der Waals surface area contributed by atoms with Gasteiger partial charge < -0.3 is 19.5 Å². The minimum atomic E-state index is -0.946. The topological polar surface area (TPSA) is 90.9 Å². The summed E-state index contributed by atoms with van der Waals surface area (Å²) in [4.78, 5) is 36.0. The lowest BCUT2D eigenvalue weighted by molar-refractivity contribution is -0.150. The van der Waals surface area contributed by atoms with Crippen molar-refractivity contribution in [1.82, 2.24) is 5.32 Å². The summed E-state index contributed by atoms with van der Waals surface area (Å²) < 4.78 is 15.4. The highest BCUT2D eigenvalue weighted by Crippen LogP contribution is 2.31. The van der Waals surface area contributed by atoms with Crippen LogP contribution in [-0.4, -0.2) is 37.7 Å². The van der Waals surface area contributed by atoms with E-state index < -0.39 is 18.0 Å². The van der Waals surface area contributed by atoms with Gasteiger partial charge in [0.2, 0.25) is 0 Å². The summed E-state index contributed by atoms with van der Waals surface area (Å²) in [6.07, 6.45) is 2.48. The first-order chi connectivity index (χ1) is 14.5. The van der Waals surface area contributed by atoms with Gasteiger partial charge in [-0.2, -0.15) is 0 Å². The van der Waals surface area contributed by atoms with Crippen LogP contribution in [0.2, 0.25) is 0 Å². The minimum Gasteiger partial charge on any atom is -0.493 e. The molecule has 30 heavy (non-hydrogen) atoms. The third kappa shape index (κ3) is 5.26. The number of benzene rings is 2. The summed E-state index contributed by atoms with van der Waals surface area (Å²) in [6, 6.07) is 13.9. The Morgan fingerprint density at radius 1 is 1.13 bits per heavy atom. The molecule has 2 unspecified atom stereocenters. The van der Waals surface area contributed by atoms with E-state index in [2.05, 4.69) is 10.1 Å². The smallest absolute Gasteiger partial charge is 0.337 e. The third-order valence-corrected chi connectivity index (χ3v) is 4.68. The van der Waals surface area contributed by atoms with Crippen LogP contribution in [0.5, 0.6) is 5.75 Å². The number of carbonyl (C=O) groups excluding carboxylic acids is 3. The van der Waals surface area contributed by atoms with Crippen molar-refractivity contribution in [3.05, 3.63) is 71.3 Å². The molecule has 2 aromatic rings. The molecule has 1 N–H and O–H groups in total. The Morgan fingerprint density at radius 3 is 2.60 bits per heavy atom. The van der Waals surface area contributed by atoms with Gasteiger partial charge in [0.05, 0.1) is 25.3 Å². The molecule has 0 bridgehead atoms. The highest BCUT2D eigenvalue weighted by atomic mass is 16.5. The Balaban J connectivity index is 1.53. The molecule has 0 spiro atoms. The van der Waals surface area contributed by atoms with Crippen LogP contribution in [0.1, 0.15) is 40.9 Å². The number of nitrogens with one attached hydrogen (secondary N) is 1. The van der Waals surface area contributed by atoms with Gasteiger partial charge in [0.1, 0.15) is 5.75 Å². The van der Waals surface area contributed by atoms with Gasteiger partial charge in [-0.15, -0.1) is 0 Å². The Labute approximate surface area is 174 Å². The van der Waals surface area contributed by atoms with E-state index in [9.17, 15) is 14.4 Å². The van der Waals surface area contributed by atoms with E-state index in [1.54, 1.807) is 30.3 Å². The monoisotopic (exact) mass is 409 g/mol. The van der Waals surface area contributed by atoms with Crippen LogP contribution < -0.4 is 10.1 Å². The maximum atomic E-state index is 12.5. The molecule has 1 aliphatic rings. The van der Waals surface area contributed by atoms with Gasteiger partial charge in [-0.25, -0.2) is 9.59 Å². The van der Waals surface area contributed by atoms with E-state index in [0.717, 1.165) is 11.3 Å². The second-order valence-electron chi connectivity index (χ2n) is 6.76. The normalized spacial score (nSPS) is 16.1. The molecule has 0 fully saturated rings. The zero-order valence-corrected chi connectivity index (χ0v) is 16.8. The van der Waals surface area contributed by atoms with E-state index in [1.165, 1.54) is 20.1 Å². The number of hydrogen-bond donors (Lipinski definition) is 1. The summed E-state index contributed by atoms with van der Waals surface area (Å²) in [5, 5.41) is 2.91. The minimum absolute atomic E-state index is 0.188. The summed E-state index contributed by atoms with van der Waals surface area (Å²) >= 11 is 0. The Hall–Kier alpha value is -3.61. The maximum absolute atomic E-state index is 12.5. The largest absolute Gasteiger partial charge is 0.493 e. The van der Waals surface area contributed by atoms with Gasteiger partial charge in [0, 0.05) is 18.1 Å². The highest BCUT2D eigenvalue weighted by Gasteiger charge is 2.25. The molecular formula is C23H23NO6. The van der Waals surface area contributed by atoms with Crippen LogP contribution in [0, 0.1) is 0 Å². The van der Waals surface area contributed by atoms with Crippen molar-refractivity contribution in [2.24, 2.45) is 0 Å². The van der Waals surface area contributed by atoms with Crippen molar-refractivity contribution in [3.63, 3.8) is 0 Å². The molecule has 1 heterocycles. The van der Waals surface area contributed by atoms with E-state index in [1.807, 2.05) is 24.3 Å². The summed E-state index contributed by atoms with van der Waals surface area (Å²) in [5.41, 5.74) is 2.03. The van der Waals surface area contributed by atoms with Crippen molar-refractivity contribution < 1.29 is 28.6 Å². The molecule has 0 saturated carbocycles. The van der Waals surface area contributed by atoms with E-state index in [-0.39, 0.29) is 11.9 Å². The second-order valence-corrected chi connectivity index (χ2v) is 6.76. The fourth-order valence-corrected chi connectivity index (χ4v) is 3.06. The molecule has 0 aromatic heterocycles. The molecule has 0 radical (unpaired) electrons. The molecule has 7 heteroatoms. The standard InChI is InChI=1S/C23H23NO6/c1-15(22(26)24-19-13-14-29-20-6-4-3-5-18(19)20)30-21(25)12-9-16-7-10-17(11-8-16)23(27)28-2/h3-12,15,19H,13-14H2,1-2H3,(H,24,26)/b12-9+. The fourth-order valence-electron chi connectivity index (χ4n) is 3.06. The van der Waals surface area contributed by atoms with Crippen LogP contribution in [0.15, 0.2) is 54.6 Å². The molecular weight excluding hydrogens is 386 g/mol. The average molecular weight is 409 g/mol. The maximum Gasteiger partial charge on any atom is 0.337 e. The first-order valence-corrected chi connectivity index (χ1v) is 9.57. The Morgan fingerprint density at radius 2 is 1.87 bits per heavy atom. The molecule has 0 aliphatic carbocycles. The number of hydrogen-bond acceptors (Lipinski definition) is 6. The number of amides is 1. The van der Waals surface area contributed by atoms with Gasteiger partial charge in [-0.05, 0) is 36.8 Å². The lowest BCUT2D eigenvalue weighted by atomic mass is 10.0. The highest BCUT2D eigenvalue weighted by molar-refractivity contribution is 5.91. The number of ether oxygens (including phenoxy) is 3. The van der Waals surface area contributed by atoms with Crippen molar-refractivity contribution >= 4 is 23.9 Å². The quantitative estimate of drug-likeness (QED) is 0.583. The second kappa shape index (κ2) is 9.73. The third-order valence-electron chi connectivity index (χ3n) is 4.68. The lowest BCUT2D eigenvalue weighted by Crippen LogP contribution is -2.39. The van der Waals surface area contributed by atoms with Crippen molar-refractivity contribution in [2.75, 3.05) is 13.7 Å². The lowest BCUT2D eigenvalue weighted by Gasteiger charge is -2.27. The zero-order chi connectivity index (χ0) is 21.5. The first-order valence-electron chi connectivity index (χ1n) is 9.57. The summed E-state index contributed by atoms with van der Waals surface area (Å²) in [5.74, 6) is -0.695. The number of esters is 2. The molecule has 1 amide bonds. The first kappa shape index (κ1) is 21.1. The number of methoxy groups -OCH3 is 1. The van der Waals surface area contributed by atoms with Crippen LogP contribution >= 0.6 is 0 Å². The van der Waals surface area contributed by atoms with Gasteiger partial charge in [0.15, 0.2) is 6.10 Å². The SMILES string of the molecule is COC(=O)c1ccc(/C=C/C(=O)OC(C)C(=O)NC2CCOc3ccccc32)cc1. The zero-order valence-electron chi connectivity index (χ0n) is 16.8. The van der Waals surface area contributed by atoms with E-state index in [4.69, 9.17) is 9.47 Å². The van der Waals surface area contributed by atoms with Crippen LogP contribution in [0.4, 0.5) is 0 Å². The van der Waals surface area contributed by atoms with Crippen LogP contribution in [0.3, 0.4) is 0 Å². The molecule has 2 aromatic carbocycles. The number of fused-ring (bicyclic) bond motifs is 1. The fraction of sp³-hybridized carbons (Fsp3) is 0.261. The summed E-state index contributed by atoms with van der Waals surface area (Å²) in [7, 11) is 1.31. The van der Waals surface area contributed by atoms with Gasteiger partial charge in [0.25, 0.3) is 5.91 Å². The Bertz CT molecular complexity index is 950. The number of para-hydroxylation sites is 1. The average Bonchev–Trinajstić information content (AvgIpc) is 2.77. The van der Waals surface area contributed by atoms with E-state index >= 15 is 0 Å². The Kier molecular flexibility index (Phi) is 6.85. The van der Waals surface area contributed by atoms with E-state index in [0.29, 0.717) is 24.2 Å². The van der Waals surface area contributed by atoms with Crippen molar-refractivity contribution in [2.45, 2.75) is 25.5 Å². The number of rotatable bonds is 6. The van der Waals surface area contributed by atoms with Gasteiger partial charge in [-0.3, -0.25) is 4.79 Å². The van der Waals surface area contributed by atoms with Gasteiger partial charge >= 0.3 is 11.9 Å². The molecule has 7 nitrogen and oxygen atoms in total. The van der Waals surface area contributed by atoms with Crippen molar-refractivity contribution in [1.29, 1.82) is 0 Å². The molecule has 0 saturated heterocycles. The molecule has 156 valence electrons. The molecule has 2 atom stereocenters. The van der Waals surface area contributed by atoms with Crippen LogP contribution in [-0.2, 0) is 19.1 Å².